The third-order valence-corrected chi connectivity index (χ3v) is 5.73. The molecule has 0 bridgehead atoms. The van der Waals surface area contributed by atoms with E-state index >= 15 is 0 Å². The maximum atomic E-state index is 12.8. The molecule has 1 atom stereocenters. The first kappa shape index (κ1) is 19.9. The van der Waals surface area contributed by atoms with Gasteiger partial charge < -0.3 is 14.6 Å². The Balaban J connectivity index is 1.57. The van der Waals surface area contributed by atoms with Crippen LogP contribution in [0, 0.1) is 11.3 Å². The maximum Gasteiger partial charge on any atom is 0.328 e. The summed E-state index contributed by atoms with van der Waals surface area (Å²) in [7, 11) is 1.49. The number of H-pyrrole nitrogens is 1. The second-order valence-corrected chi connectivity index (χ2v) is 7.72. The quantitative estimate of drug-likeness (QED) is 0.510. The molecule has 0 spiro atoms. The zero-order valence-electron chi connectivity index (χ0n) is 17.4. The van der Waals surface area contributed by atoms with Gasteiger partial charge in [0.2, 0.25) is 5.91 Å². The van der Waals surface area contributed by atoms with Crippen molar-refractivity contribution < 1.29 is 9.53 Å². The van der Waals surface area contributed by atoms with Crippen molar-refractivity contribution in [3.8, 4) is 17.5 Å². The highest BCUT2D eigenvalue weighted by Gasteiger charge is 2.28. The number of carbonyl (C=O) groups is 1. The van der Waals surface area contributed by atoms with Crippen molar-refractivity contribution in [2.45, 2.75) is 18.9 Å². The van der Waals surface area contributed by atoms with Crippen molar-refractivity contribution in [3.63, 3.8) is 0 Å². The Morgan fingerprint density at radius 3 is 3.09 bits per heavy atom. The predicted octanol–water partition coefficient (Wildman–Crippen LogP) is 1.12. The third kappa shape index (κ3) is 3.30. The number of nitrogens with one attached hydrogen (secondary N) is 1. The van der Waals surface area contributed by atoms with Gasteiger partial charge in [-0.2, -0.15) is 10.4 Å². The smallest absolute Gasteiger partial charge is 0.328 e. The Morgan fingerprint density at radius 2 is 2.28 bits per heavy atom. The summed E-state index contributed by atoms with van der Waals surface area (Å²) in [6, 6.07) is 5.32. The Labute approximate surface area is 181 Å². The summed E-state index contributed by atoms with van der Waals surface area (Å²) in [4.78, 5) is 38.7. The number of nitrogens with zero attached hydrogens (tertiary/aromatic N) is 7. The van der Waals surface area contributed by atoms with Crippen LogP contribution in [0.5, 0.6) is 0 Å². The molecule has 0 saturated carbocycles. The molecule has 1 N–H and O–H groups in total. The number of hydrogen-bond donors (Lipinski definition) is 1. The van der Waals surface area contributed by atoms with Crippen LogP contribution in [0.2, 0.25) is 0 Å². The molecule has 32 heavy (non-hydrogen) atoms. The van der Waals surface area contributed by atoms with E-state index in [0.717, 1.165) is 12.8 Å². The fraction of sp³-hybridized carbons (Fsp3) is 0.333. The minimum atomic E-state index is -0.288. The van der Waals surface area contributed by atoms with Crippen LogP contribution in [0.1, 0.15) is 24.4 Å². The molecule has 5 rings (SSSR count). The van der Waals surface area contributed by atoms with Crippen LogP contribution in [0.3, 0.4) is 0 Å². The molecular formula is C21H20N8O3. The summed E-state index contributed by atoms with van der Waals surface area (Å²) in [6.45, 7) is 1.07. The summed E-state index contributed by atoms with van der Waals surface area (Å²) >= 11 is 0. The lowest BCUT2D eigenvalue weighted by molar-refractivity contribution is -0.136. The van der Waals surface area contributed by atoms with Gasteiger partial charge in [-0.25, -0.2) is 19.3 Å². The second-order valence-electron chi connectivity index (χ2n) is 7.72. The van der Waals surface area contributed by atoms with E-state index < -0.39 is 0 Å². The van der Waals surface area contributed by atoms with E-state index in [1.54, 1.807) is 44.7 Å². The van der Waals surface area contributed by atoms with Crippen LogP contribution in [0.15, 0.2) is 35.5 Å². The van der Waals surface area contributed by atoms with E-state index in [4.69, 9.17) is 4.74 Å². The summed E-state index contributed by atoms with van der Waals surface area (Å²) < 4.78 is 8.23. The van der Waals surface area contributed by atoms with Crippen LogP contribution < -0.4 is 5.69 Å². The summed E-state index contributed by atoms with van der Waals surface area (Å²) in [5, 5.41) is 13.5. The molecule has 4 aromatic heterocycles. The molecule has 1 saturated heterocycles. The molecule has 0 aliphatic carbocycles. The van der Waals surface area contributed by atoms with Crippen LogP contribution in [0.4, 0.5) is 0 Å². The number of carbonyl (C=O) groups excluding carboxylic acids is 1. The number of pyridine rings is 1. The van der Waals surface area contributed by atoms with Gasteiger partial charge >= 0.3 is 5.69 Å². The van der Waals surface area contributed by atoms with Crippen molar-refractivity contribution in [2.75, 3.05) is 26.8 Å². The largest absolute Gasteiger partial charge is 0.375 e. The van der Waals surface area contributed by atoms with Crippen LogP contribution in [-0.4, -0.2) is 66.7 Å². The molecular weight excluding hydrogens is 412 g/mol. The molecule has 0 radical (unpaired) electrons. The van der Waals surface area contributed by atoms with Gasteiger partial charge in [0.25, 0.3) is 0 Å². The number of fused-ring (bicyclic) bond motifs is 2. The van der Waals surface area contributed by atoms with Gasteiger partial charge in [0, 0.05) is 26.4 Å². The Hall–Kier alpha value is -4.04. The summed E-state index contributed by atoms with van der Waals surface area (Å²) in [6.07, 6.45) is 6.45. The highest BCUT2D eigenvalue weighted by molar-refractivity contribution is 5.80. The van der Waals surface area contributed by atoms with Crippen LogP contribution >= 0.6 is 0 Å². The Morgan fingerprint density at radius 1 is 1.41 bits per heavy atom. The lowest BCUT2D eigenvalue weighted by atomic mass is 10.1. The molecule has 4 aromatic rings. The van der Waals surface area contributed by atoms with E-state index in [0.29, 0.717) is 46.7 Å². The monoisotopic (exact) mass is 432 g/mol. The van der Waals surface area contributed by atoms with Crippen LogP contribution in [-0.2, 0) is 9.53 Å². The Bertz CT molecular complexity index is 1430. The van der Waals surface area contributed by atoms with Gasteiger partial charge in [-0.3, -0.25) is 9.36 Å². The molecule has 1 aliphatic rings. The fourth-order valence-corrected chi connectivity index (χ4v) is 4.21. The highest BCUT2D eigenvalue weighted by atomic mass is 16.5. The summed E-state index contributed by atoms with van der Waals surface area (Å²) in [5.74, 6) is 0.304. The first-order valence-corrected chi connectivity index (χ1v) is 10.2. The number of hydrogen-bond acceptors (Lipinski definition) is 7. The molecule has 1 aliphatic heterocycles. The minimum Gasteiger partial charge on any atom is -0.375 e. The molecule has 11 heteroatoms. The number of likely N-dealkylation sites (tertiary alicyclic amines) is 1. The third-order valence-electron chi connectivity index (χ3n) is 5.73. The zero-order chi connectivity index (χ0) is 22.2. The Kier molecular flexibility index (Phi) is 4.91. The normalized spacial score (nSPS) is 16.5. The maximum absolute atomic E-state index is 12.8. The molecule has 5 heterocycles. The average Bonchev–Trinajstić information content (AvgIpc) is 3.38. The van der Waals surface area contributed by atoms with E-state index in [1.807, 2.05) is 0 Å². The number of rotatable bonds is 4. The van der Waals surface area contributed by atoms with Crippen LogP contribution in [0.25, 0.3) is 28.1 Å². The van der Waals surface area contributed by atoms with E-state index in [9.17, 15) is 14.9 Å². The molecule has 11 nitrogen and oxygen atoms in total. The number of aromatic amines is 1. The minimum absolute atomic E-state index is 0.0151. The van der Waals surface area contributed by atoms with E-state index in [2.05, 4.69) is 26.1 Å². The first-order valence-electron chi connectivity index (χ1n) is 10.2. The lowest BCUT2D eigenvalue weighted by Gasteiger charge is -2.33. The van der Waals surface area contributed by atoms with Gasteiger partial charge in [-0.1, -0.05) is 0 Å². The number of piperidine rings is 1. The number of aromatic nitrogens is 6. The molecule has 0 unspecified atom stereocenters. The molecule has 1 fully saturated rings. The number of ether oxygens (including phenoxy) is 1. The predicted molar refractivity (Wildman–Crippen MR) is 114 cm³/mol. The van der Waals surface area contributed by atoms with Gasteiger partial charge in [0.15, 0.2) is 11.5 Å². The lowest BCUT2D eigenvalue weighted by Crippen LogP contribution is -2.43. The fourth-order valence-electron chi connectivity index (χ4n) is 4.21. The number of imidazole rings is 1. The average molecular weight is 432 g/mol. The second kappa shape index (κ2) is 7.90. The SMILES string of the molecule is COCC(=O)N1CCC[C@H](n2c(=O)[nH]c3cnc(-c4cnn5ccc(C#N)cc45)nc32)C1. The topological polar surface area (TPSA) is 134 Å². The molecule has 162 valence electrons. The highest BCUT2D eigenvalue weighted by Crippen LogP contribution is 2.26. The number of nitriles is 1. The zero-order valence-corrected chi connectivity index (χ0v) is 17.4. The van der Waals surface area contributed by atoms with Gasteiger partial charge in [-0.15, -0.1) is 0 Å². The van der Waals surface area contributed by atoms with Crippen molar-refractivity contribution in [1.82, 2.24) is 34.0 Å². The summed E-state index contributed by atoms with van der Waals surface area (Å²) in [5.41, 5.74) is 2.56. The van der Waals surface area contributed by atoms with Gasteiger partial charge in [0.05, 0.1) is 41.1 Å². The van der Waals surface area contributed by atoms with Crippen molar-refractivity contribution in [1.29, 1.82) is 5.26 Å². The van der Waals surface area contributed by atoms with Gasteiger partial charge in [0.1, 0.15) is 12.1 Å². The molecule has 0 aromatic carbocycles. The number of amides is 1. The number of methoxy groups -OCH3 is 1. The molecule has 1 amide bonds. The van der Waals surface area contributed by atoms with Crippen molar-refractivity contribution in [2.24, 2.45) is 0 Å². The van der Waals surface area contributed by atoms with Gasteiger partial charge in [-0.05, 0) is 25.0 Å². The van der Waals surface area contributed by atoms with E-state index in [1.165, 1.54) is 7.11 Å². The van der Waals surface area contributed by atoms with Crippen molar-refractivity contribution in [3.05, 3.63) is 46.8 Å². The first-order chi connectivity index (χ1) is 15.6. The standard InChI is InChI=1S/C21H20N8O3/c1-32-12-18(30)27-5-2-3-14(11-27)29-20-16(25-21(29)31)10-23-19(26-20)15-9-24-28-6-4-13(8-22)7-17(15)28/h4,6-7,9-10,14H,2-3,5,11-12H2,1H3,(H,25,31)/t14-/m0/s1. The van der Waals surface area contributed by atoms with Crippen molar-refractivity contribution >= 4 is 22.6 Å². The van der Waals surface area contributed by atoms with E-state index in [-0.39, 0.29) is 24.2 Å².